The van der Waals surface area contributed by atoms with E-state index in [0.29, 0.717) is 61.2 Å². The molecule has 0 radical (unpaired) electrons. The molecule has 0 aliphatic carbocycles. The number of ether oxygens (including phenoxy) is 3. The molecule has 356 valence electrons. The number of rotatable bonds is 19. The van der Waals surface area contributed by atoms with Gasteiger partial charge in [-0.15, -0.1) is 0 Å². The van der Waals surface area contributed by atoms with Crippen LogP contribution in [0.15, 0.2) is 100 Å². The van der Waals surface area contributed by atoms with Crippen LogP contribution in [-0.4, -0.2) is 120 Å². The van der Waals surface area contributed by atoms with Gasteiger partial charge >= 0.3 is 0 Å². The Morgan fingerprint density at radius 2 is 1.72 bits per heavy atom. The number of aromatic nitrogens is 2. The van der Waals surface area contributed by atoms with Crippen LogP contribution in [0.1, 0.15) is 51.0 Å². The number of nitrogens with one attached hydrogen (secondary N) is 3. The zero-order chi connectivity index (χ0) is 48.4. The van der Waals surface area contributed by atoms with Crippen LogP contribution in [0.3, 0.4) is 0 Å². The van der Waals surface area contributed by atoms with Gasteiger partial charge in [-0.2, -0.15) is 5.10 Å². The number of hydrogen-bond donors (Lipinski definition) is 5. The predicted octanol–water partition coefficient (Wildman–Crippen LogP) is 4.71. The number of benzene rings is 4. The van der Waals surface area contributed by atoms with Crippen LogP contribution in [0.5, 0.6) is 0 Å². The van der Waals surface area contributed by atoms with E-state index >= 15 is 0 Å². The fourth-order valence-electron chi connectivity index (χ4n) is 7.88. The third-order valence-electron chi connectivity index (χ3n) is 11.2. The van der Waals surface area contributed by atoms with Crippen LogP contribution in [0.2, 0.25) is 5.02 Å². The summed E-state index contributed by atoms with van der Waals surface area (Å²) in [6, 6.07) is 19.9. The molecule has 3 aliphatic heterocycles. The second-order valence-corrected chi connectivity index (χ2v) is 16.3. The zero-order valence-corrected chi connectivity index (χ0v) is 37.5. The third kappa shape index (κ3) is 11.5. The standard InChI is InChI=1S/C48H45ClF2N10O8/c49-29-9-12-32-34(19-29)45(43-36(50)4-2-5-37(43)51)54-20-28-21-55-48(59-44(28)32)56-30-10-7-27(8-11-30)39(60-52)23-53-22-31(62)25-68-17-15-67-16-18-69-26-42(64)57-38-6-1-3-33-35(38)24-61(47(33)66)40-13-14-41(63)58-46(40)65/h1-12,19,21,23,31,40,62H,13-18,20,22,24-26,52H2,(H,57,64)(H,55,56,59)(H,58,63,65). The van der Waals surface area contributed by atoms with Crippen LogP contribution in [0, 0.1) is 11.6 Å². The third-order valence-corrected chi connectivity index (χ3v) is 11.4. The second-order valence-electron chi connectivity index (χ2n) is 15.9. The maximum atomic E-state index is 14.9. The summed E-state index contributed by atoms with van der Waals surface area (Å²) in [6.07, 6.45) is 2.52. The van der Waals surface area contributed by atoms with Crippen molar-refractivity contribution in [3.63, 3.8) is 0 Å². The number of anilines is 3. The maximum absolute atomic E-state index is 14.9. The van der Waals surface area contributed by atoms with Crippen molar-refractivity contribution >= 4 is 70.2 Å². The summed E-state index contributed by atoms with van der Waals surface area (Å²) in [5.74, 6) is 2.79. The molecule has 4 amide bonds. The Morgan fingerprint density at radius 3 is 2.49 bits per heavy atom. The van der Waals surface area contributed by atoms with Crippen LogP contribution in [0.25, 0.3) is 11.3 Å². The van der Waals surface area contributed by atoms with E-state index in [1.807, 2.05) is 0 Å². The van der Waals surface area contributed by atoms with E-state index in [2.05, 4.69) is 36.0 Å². The van der Waals surface area contributed by atoms with E-state index in [1.165, 1.54) is 29.3 Å². The van der Waals surface area contributed by atoms with E-state index in [1.54, 1.807) is 66.9 Å². The van der Waals surface area contributed by atoms with Gasteiger partial charge in [0.05, 0.1) is 69.2 Å². The molecule has 1 aromatic heterocycles. The van der Waals surface area contributed by atoms with E-state index < -0.39 is 35.6 Å². The SMILES string of the molecule is NN=C(C=NCC(O)COCCOCCOCC(=O)Nc1cccc2c1CN(C1CCC(=O)NC1=O)C2=O)c1ccc(Nc2ncc3c(n2)-c2ccc(Cl)cc2C(c2c(F)cccc2F)=NC3)cc1. The Hall–Kier alpha value is -7.36. The quantitative estimate of drug-likeness (QED) is 0.0248. The Kier molecular flexibility index (Phi) is 15.5. The molecule has 4 heterocycles. The minimum Gasteiger partial charge on any atom is -0.389 e. The van der Waals surface area contributed by atoms with Gasteiger partial charge < -0.3 is 40.7 Å². The fraction of sp³-hybridized carbons (Fsp3) is 0.271. The summed E-state index contributed by atoms with van der Waals surface area (Å²) in [5.41, 5.74) is 5.13. The van der Waals surface area contributed by atoms with E-state index in [0.717, 1.165) is 0 Å². The molecule has 0 bridgehead atoms. The van der Waals surface area contributed by atoms with Gasteiger partial charge in [-0.05, 0) is 55.0 Å². The number of carbonyl (C=O) groups excluding carboxylic acids is 4. The number of halogens is 3. The molecule has 18 nitrogen and oxygen atoms in total. The van der Waals surface area contributed by atoms with E-state index in [4.69, 9.17) is 36.6 Å². The Morgan fingerprint density at radius 1 is 0.971 bits per heavy atom. The largest absolute Gasteiger partial charge is 0.389 e. The first kappa shape index (κ1) is 48.1. The average molecular weight is 963 g/mol. The van der Waals surface area contributed by atoms with Crippen LogP contribution in [0.4, 0.5) is 26.1 Å². The van der Waals surface area contributed by atoms with E-state index in [9.17, 15) is 33.1 Å². The topological polar surface area (TPSA) is 244 Å². The molecule has 21 heteroatoms. The minimum atomic E-state index is -0.915. The number of aliphatic hydroxyl groups is 1. The number of amides is 4. The van der Waals surface area contributed by atoms with Crippen LogP contribution < -0.4 is 21.8 Å². The smallest absolute Gasteiger partial charge is 0.255 e. The first-order chi connectivity index (χ1) is 33.5. The summed E-state index contributed by atoms with van der Waals surface area (Å²) >= 11 is 6.35. The second kappa shape index (κ2) is 22.2. The number of nitrogens with two attached hydrogens (primary N) is 1. The van der Waals surface area contributed by atoms with Gasteiger partial charge in [-0.1, -0.05) is 41.9 Å². The molecule has 69 heavy (non-hydrogen) atoms. The van der Waals surface area contributed by atoms with Gasteiger partial charge in [0.1, 0.15) is 30.0 Å². The monoisotopic (exact) mass is 962 g/mol. The summed E-state index contributed by atoms with van der Waals surface area (Å²) in [6.45, 7) is 0.668. The summed E-state index contributed by atoms with van der Waals surface area (Å²) in [4.78, 5) is 69.1. The highest BCUT2D eigenvalue weighted by molar-refractivity contribution is 6.38. The van der Waals surface area contributed by atoms with Gasteiger partial charge in [0.15, 0.2) is 0 Å². The number of aliphatic hydroxyl groups excluding tert-OH is 1. The van der Waals surface area contributed by atoms with E-state index in [-0.39, 0.29) is 101 Å². The lowest BCUT2D eigenvalue weighted by molar-refractivity contribution is -0.137. The van der Waals surface area contributed by atoms with Gasteiger partial charge in [0, 0.05) is 75.2 Å². The normalized spacial score (nSPS) is 16.1. The first-order valence-electron chi connectivity index (χ1n) is 21.7. The molecular weight excluding hydrogens is 918 g/mol. The lowest BCUT2D eigenvalue weighted by Crippen LogP contribution is -2.52. The number of fused-ring (bicyclic) bond motifs is 4. The number of carbonyl (C=O) groups is 4. The zero-order valence-electron chi connectivity index (χ0n) is 36.8. The highest BCUT2D eigenvalue weighted by Gasteiger charge is 2.40. The van der Waals surface area contributed by atoms with Crippen molar-refractivity contribution < 1.29 is 47.3 Å². The van der Waals surface area contributed by atoms with Crippen molar-refractivity contribution in [3.05, 3.63) is 135 Å². The highest BCUT2D eigenvalue weighted by Crippen LogP contribution is 2.35. The molecule has 0 spiro atoms. The summed E-state index contributed by atoms with van der Waals surface area (Å²) in [5, 5.41) is 22.8. The number of aliphatic imine (C=N–C) groups is 2. The van der Waals surface area contributed by atoms with Gasteiger partial charge in [-0.25, -0.2) is 18.7 Å². The molecule has 2 unspecified atom stereocenters. The minimum absolute atomic E-state index is 0.00464. The Bertz CT molecular complexity index is 2850. The molecule has 0 saturated carbocycles. The number of nitrogens with zero attached hydrogens (tertiary/aromatic N) is 6. The lowest BCUT2D eigenvalue weighted by atomic mass is 9.95. The molecule has 5 aromatic rings. The van der Waals surface area contributed by atoms with Crippen molar-refractivity contribution in [1.29, 1.82) is 0 Å². The Balaban J connectivity index is 0.729. The maximum Gasteiger partial charge on any atom is 0.255 e. The molecule has 2 atom stereocenters. The van der Waals surface area contributed by atoms with Crippen LogP contribution in [-0.2, 0) is 41.7 Å². The predicted molar refractivity (Wildman–Crippen MR) is 252 cm³/mol. The number of imide groups is 1. The molecule has 4 aromatic carbocycles. The number of piperidine rings is 1. The molecule has 6 N–H and O–H groups in total. The number of hydrogen-bond acceptors (Lipinski definition) is 15. The average Bonchev–Trinajstić information content (AvgIpc) is 3.59. The first-order valence-corrected chi connectivity index (χ1v) is 22.1. The summed E-state index contributed by atoms with van der Waals surface area (Å²) < 4.78 is 46.3. The fourth-order valence-corrected chi connectivity index (χ4v) is 8.05. The van der Waals surface area contributed by atoms with Gasteiger partial charge in [0.25, 0.3) is 5.91 Å². The van der Waals surface area contributed by atoms with Crippen molar-refractivity contribution in [1.82, 2.24) is 20.2 Å². The van der Waals surface area contributed by atoms with Gasteiger partial charge in [-0.3, -0.25) is 34.5 Å². The van der Waals surface area contributed by atoms with Crippen molar-refractivity contribution in [3.8, 4) is 11.3 Å². The molecule has 1 fully saturated rings. The van der Waals surface area contributed by atoms with Crippen LogP contribution >= 0.6 is 11.6 Å². The lowest BCUT2D eigenvalue weighted by Gasteiger charge is -2.29. The van der Waals surface area contributed by atoms with Crippen molar-refractivity contribution in [2.45, 2.75) is 38.1 Å². The molecular formula is C48H45ClF2N10O8. The molecule has 1 saturated heterocycles. The Labute approximate surface area is 398 Å². The molecule has 3 aliphatic rings. The van der Waals surface area contributed by atoms with Crippen molar-refractivity contribution in [2.24, 2.45) is 20.9 Å². The van der Waals surface area contributed by atoms with Gasteiger partial charge in [0.2, 0.25) is 23.7 Å². The molecule has 8 rings (SSSR count). The number of hydrazone groups is 1. The highest BCUT2D eigenvalue weighted by atomic mass is 35.5. The van der Waals surface area contributed by atoms with Crippen molar-refractivity contribution in [2.75, 3.05) is 56.8 Å². The summed E-state index contributed by atoms with van der Waals surface area (Å²) in [7, 11) is 0.